The van der Waals surface area contributed by atoms with Crippen molar-refractivity contribution in [3.8, 4) is 11.5 Å². The molecule has 1 heterocycles. The molecule has 112 valence electrons. The number of nitrogens with zero attached hydrogens (tertiary/aromatic N) is 2. The zero-order valence-electron chi connectivity index (χ0n) is 12.4. The number of benzene rings is 2. The van der Waals surface area contributed by atoms with Crippen LogP contribution in [-0.2, 0) is 0 Å². The van der Waals surface area contributed by atoms with Crippen LogP contribution in [0.2, 0.25) is 0 Å². The number of anilines is 1. The van der Waals surface area contributed by atoms with Gasteiger partial charge in [-0.2, -0.15) is 0 Å². The number of aromatic nitrogens is 2. The fourth-order valence-corrected chi connectivity index (χ4v) is 2.16. The van der Waals surface area contributed by atoms with E-state index < -0.39 is 0 Å². The predicted octanol–water partition coefficient (Wildman–Crippen LogP) is 4.36. The minimum atomic E-state index is -0.266. The molecule has 3 aromatic rings. The molecule has 0 radical (unpaired) electrons. The first-order valence-corrected chi connectivity index (χ1v) is 7.04. The summed E-state index contributed by atoms with van der Waals surface area (Å²) >= 11 is 0. The van der Waals surface area contributed by atoms with Crippen molar-refractivity contribution in [2.75, 3.05) is 5.32 Å². The molecule has 0 saturated heterocycles. The summed E-state index contributed by atoms with van der Waals surface area (Å²) in [5, 5.41) is 11.4. The Kier molecular flexibility index (Phi) is 3.87. The van der Waals surface area contributed by atoms with Gasteiger partial charge in [0.15, 0.2) is 0 Å². The van der Waals surface area contributed by atoms with Crippen molar-refractivity contribution in [3.63, 3.8) is 0 Å². The van der Waals surface area contributed by atoms with E-state index in [0.717, 1.165) is 16.8 Å². The molecule has 0 aliphatic rings. The number of rotatable bonds is 4. The van der Waals surface area contributed by atoms with Crippen LogP contribution in [0, 0.1) is 12.7 Å². The lowest BCUT2D eigenvalue weighted by molar-refractivity contribution is 0.485. The average molecular weight is 297 g/mol. The van der Waals surface area contributed by atoms with Crippen LogP contribution in [0.25, 0.3) is 11.5 Å². The van der Waals surface area contributed by atoms with Gasteiger partial charge in [-0.1, -0.05) is 17.7 Å². The fourth-order valence-electron chi connectivity index (χ4n) is 2.16. The fraction of sp³-hybridized carbons (Fsp3) is 0.176. The van der Waals surface area contributed by atoms with Crippen molar-refractivity contribution in [3.05, 3.63) is 65.8 Å². The van der Waals surface area contributed by atoms with Crippen molar-refractivity contribution in [1.82, 2.24) is 10.2 Å². The first-order valence-electron chi connectivity index (χ1n) is 7.04. The Hall–Kier alpha value is -2.69. The largest absolute Gasteiger partial charge is 0.418 e. The average Bonchev–Trinajstić information content (AvgIpc) is 3.00. The van der Waals surface area contributed by atoms with Crippen LogP contribution >= 0.6 is 0 Å². The lowest BCUT2D eigenvalue weighted by atomic mass is 10.1. The van der Waals surface area contributed by atoms with Gasteiger partial charge in [0.2, 0.25) is 11.8 Å². The van der Waals surface area contributed by atoms with Crippen LogP contribution in [0.1, 0.15) is 24.4 Å². The SMILES string of the molecule is Cc1cccc(-c2nnc([C@H](C)Nc3ccc(F)cc3)o2)c1. The molecule has 5 heteroatoms. The van der Waals surface area contributed by atoms with E-state index >= 15 is 0 Å². The van der Waals surface area contributed by atoms with Crippen LogP contribution in [0.3, 0.4) is 0 Å². The van der Waals surface area contributed by atoms with E-state index in [0.29, 0.717) is 11.8 Å². The van der Waals surface area contributed by atoms with Crippen LogP contribution in [0.15, 0.2) is 52.9 Å². The molecule has 1 atom stereocenters. The zero-order valence-corrected chi connectivity index (χ0v) is 12.4. The van der Waals surface area contributed by atoms with Gasteiger partial charge in [-0.05, 0) is 50.2 Å². The lowest BCUT2D eigenvalue weighted by Gasteiger charge is -2.11. The second kappa shape index (κ2) is 5.97. The number of hydrogen-bond acceptors (Lipinski definition) is 4. The molecule has 3 rings (SSSR count). The Balaban J connectivity index is 1.76. The molecule has 0 fully saturated rings. The first-order chi connectivity index (χ1) is 10.6. The standard InChI is InChI=1S/C17H16FN3O/c1-11-4-3-5-13(10-11)17-21-20-16(22-17)12(2)19-15-8-6-14(18)7-9-15/h3-10,12,19H,1-2H3/t12-/m0/s1. The quantitative estimate of drug-likeness (QED) is 0.777. The van der Waals surface area contributed by atoms with E-state index in [-0.39, 0.29) is 11.9 Å². The van der Waals surface area contributed by atoms with Crippen molar-refractivity contribution >= 4 is 5.69 Å². The van der Waals surface area contributed by atoms with Gasteiger partial charge < -0.3 is 9.73 Å². The molecule has 0 aliphatic heterocycles. The highest BCUT2D eigenvalue weighted by atomic mass is 19.1. The van der Waals surface area contributed by atoms with Crippen molar-refractivity contribution in [2.45, 2.75) is 19.9 Å². The van der Waals surface area contributed by atoms with Gasteiger partial charge in [-0.25, -0.2) is 4.39 Å². The highest BCUT2D eigenvalue weighted by Gasteiger charge is 2.15. The maximum Gasteiger partial charge on any atom is 0.247 e. The second-order valence-electron chi connectivity index (χ2n) is 5.19. The van der Waals surface area contributed by atoms with Gasteiger partial charge in [0.1, 0.15) is 11.9 Å². The van der Waals surface area contributed by atoms with Crippen LogP contribution in [-0.4, -0.2) is 10.2 Å². The highest BCUT2D eigenvalue weighted by Crippen LogP contribution is 2.23. The van der Waals surface area contributed by atoms with E-state index in [1.807, 2.05) is 38.1 Å². The Bertz CT molecular complexity index is 768. The molecule has 0 saturated carbocycles. The molecule has 22 heavy (non-hydrogen) atoms. The molecule has 0 unspecified atom stereocenters. The second-order valence-corrected chi connectivity index (χ2v) is 5.19. The Morgan fingerprint density at radius 1 is 1.09 bits per heavy atom. The van der Waals surface area contributed by atoms with Crippen molar-refractivity contribution in [2.24, 2.45) is 0 Å². The highest BCUT2D eigenvalue weighted by molar-refractivity contribution is 5.53. The van der Waals surface area contributed by atoms with Gasteiger partial charge in [0.25, 0.3) is 0 Å². The molecule has 4 nitrogen and oxygen atoms in total. The maximum atomic E-state index is 12.9. The summed E-state index contributed by atoms with van der Waals surface area (Å²) in [6.45, 7) is 3.93. The monoisotopic (exact) mass is 297 g/mol. The Morgan fingerprint density at radius 3 is 2.59 bits per heavy atom. The summed E-state index contributed by atoms with van der Waals surface area (Å²) in [5.74, 6) is 0.713. The molecule has 0 amide bonds. The summed E-state index contributed by atoms with van der Waals surface area (Å²) in [6, 6.07) is 13.9. The smallest absolute Gasteiger partial charge is 0.247 e. The van der Waals surface area contributed by atoms with E-state index in [1.165, 1.54) is 12.1 Å². The molecule has 0 aliphatic carbocycles. The van der Waals surface area contributed by atoms with E-state index in [4.69, 9.17) is 4.42 Å². The molecular formula is C17H16FN3O. The van der Waals surface area contributed by atoms with Gasteiger partial charge in [-0.15, -0.1) is 10.2 Å². The molecule has 1 aromatic heterocycles. The van der Waals surface area contributed by atoms with E-state index in [1.54, 1.807) is 12.1 Å². The number of aryl methyl sites for hydroxylation is 1. The zero-order chi connectivity index (χ0) is 15.5. The van der Waals surface area contributed by atoms with Gasteiger partial charge in [0.05, 0.1) is 0 Å². The predicted molar refractivity (Wildman–Crippen MR) is 82.9 cm³/mol. The molecule has 2 aromatic carbocycles. The summed E-state index contributed by atoms with van der Waals surface area (Å²) in [7, 11) is 0. The summed E-state index contributed by atoms with van der Waals surface area (Å²) in [4.78, 5) is 0. The number of nitrogens with one attached hydrogen (secondary N) is 1. The Morgan fingerprint density at radius 2 is 1.86 bits per heavy atom. The summed E-state index contributed by atoms with van der Waals surface area (Å²) < 4.78 is 18.6. The molecule has 0 spiro atoms. The third kappa shape index (κ3) is 3.14. The molecular weight excluding hydrogens is 281 g/mol. The Labute approximate surface area is 128 Å². The van der Waals surface area contributed by atoms with Gasteiger partial charge >= 0.3 is 0 Å². The topological polar surface area (TPSA) is 51.0 Å². The third-order valence-electron chi connectivity index (χ3n) is 3.30. The molecule has 0 bridgehead atoms. The summed E-state index contributed by atoms with van der Waals surface area (Å²) in [5.41, 5.74) is 2.83. The minimum absolute atomic E-state index is 0.170. The van der Waals surface area contributed by atoms with Crippen LogP contribution < -0.4 is 5.32 Å². The number of halogens is 1. The third-order valence-corrected chi connectivity index (χ3v) is 3.30. The molecule has 1 N–H and O–H groups in total. The van der Waals surface area contributed by atoms with E-state index in [2.05, 4.69) is 15.5 Å². The van der Waals surface area contributed by atoms with Crippen LogP contribution in [0.4, 0.5) is 10.1 Å². The summed E-state index contributed by atoms with van der Waals surface area (Å²) in [6.07, 6.45) is 0. The number of hydrogen-bond donors (Lipinski definition) is 1. The van der Waals surface area contributed by atoms with Gasteiger partial charge in [-0.3, -0.25) is 0 Å². The van der Waals surface area contributed by atoms with E-state index in [9.17, 15) is 4.39 Å². The van der Waals surface area contributed by atoms with Crippen molar-refractivity contribution < 1.29 is 8.81 Å². The normalized spacial score (nSPS) is 12.1. The lowest BCUT2D eigenvalue weighted by Crippen LogP contribution is -2.06. The first kappa shape index (κ1) is 14.3. The van der Waals surface area contributed by atoms with Crippen molar-refractivity contribution in [1.29, 1.82) is 0 Å². The van der Waals surface area contributed by atoms with Gasteiger partial charge in [0, 0.05) is 11.3 Å². The maximum absolute atomic E-state index is 12.9. The van der Waals surface area contributed by atoms with Crippen LogP contribution in [0.5, 0.6) is 0 Å². The minimum Gasteiger partial charge on any atom is -0.418 e.